The van der Waals surface area contributed by atoms with Crippen molar-refractivity contribution < 1.29 is 0 Å². The van der Waals surface area contributed by atoms with Crippen molar-refractivity contribution in [2.75, 3.05) is 0 Å². The van der Waals surface area contributed by atoms with E-state index in [1.54, 1.807) is 0 Å². The molecule has 0 saturated carbocycles. The van der Waals surface area contributed by atoms with Gasteiger partial charge in [0.25, 0.3) is 0 Å². The highest BCUT2D eigenvalue weighted by atomic mass is 15.0. The monoisotopic (exact) mass is 1420 g/mol. The third-order valence-electron chi connectivity index (χ3n) is 20.6. The molecule has 21 rings (SSSR count). The molecule has 0 aliphatic heterocycles. The molecule has 21 aromatic rings. The highest BCUT2D eigenvalue weighted by molar-refractivity contribution is 6.11. The van der Waals surface area contributed by atoms with Crippen LogP contribution in [0.1, 0.15) is 0 Å². The molecule has 0 atom stereocenters. The molecule has 0 N–H and O–H groups in total. The minimum atomic E-state index is 0.860. The predicted molar refractivity (Wildman–Crippen MR) is 458 cm³/mol. The number of hydrogen-bond donors (Lipinski definition) is 0. The molecule has 9 aromatic heterocycles. The zero-order valence-electron chi connectivity index (χ0n) is 60.4. The van der Waals surface area contributed by atoms with Crippen LogP contribution < -0.4 is 0 Å². The number of nitrogens with zero attached hydrogens (tertiary/aromatic N) is 9. The second-order valence-corrected chi connectivity index (χ2v) is 27.4. The molecular weight excluding hydrogens is 1350 g/mol. The zero-order valence-corrected chi connectivity index (χ0v) is 60.4. The second-order valence-electron chi connectivity index (χ2n) is 27.4. The van der Waals surface area contributed by atoms with E-state index < -0.39 is 0 Å². The van der Waals surface area contributed by atoms with Gasteiger partial charge in [0.05, 0.1) is 90.0 Å². The number of fused-ring (bicyclic) bond motifs is 9. The largest absolute Gasteiger partial charge is 0.309 e. The van der Waals surface area contributed by atoms with E-state index in [4.69, 9.17) is 15.0 Å². The van der Waals surface area contributed by atoms with E-state index in [0.29, 0.717) is 0 Å². The van der Waals surface area contributed by atoms with Gasteiger partial charge in [0.15, 0.2) is 0 Å². The summed E-state index contributed by atoms with van der Waals surface area (Å²) in [5.74, 6) is 0. The molecule has 9 heterocycles. The number of hydrogen-bond acceptors (Lipinski definition) is 6. The summed E-state index contributed by atoms with van der Waals surface area (Å²) in [7, 11) is 0. The molecule has 0 aliphatic rings. The highest BCUT2D eigenvalue weighted by Crippen LogP contribution is 2.39. The van der Waals surface area contributed by atoms with E-state index in [-0.39, 0.29) is 0 Å². The average Bonchev–Trinajstić information content (AvgIpc) is 1.61. The minimum Gasteiger partial charge on any atom is -0.309 e. The summed E-state index contributed by atoms with van der Waals surface area (Å²) < 4.78 is 7.02. The highest BCUT2D eigenvalue weighted by Gasteiger charge is 2.19. The lowest BCUT2D eigenvalue weighted by Crippen LogP contribution is -1.98. The molecule has 0 radical (unpaired) electrons. The first-order chi connectivity index (χ1) is 55.0. The van der Waals surface area contributed by atoms with Crippen LogP contribution in [0.3, 0.4) is 0 Å². The van der Waals surface area contributed by atoms with Crippen molar-refractivity contribution in [1.82, 2.24) is 43.6 Å². The fourth-order valence-corrected chi connectivity index (χ4v) is 15.3. The Morgan fingerprint density at radius 2 is 0.369 bits per heavy atom. The molecule has 0 saturated heterocycles. The van der Waals surface area contributed by atoms with Crippen molar-refractivity contribution in [3.8, 4) is 118 Å². The third-order valence-corrected chi connectivity index (χ3v) is 20.6. The van der Waals surface area contributed by atoms with Crippen molar-refractivity contribution in [1.29, 1.82) is 0 Å². The van der Waals surface area contributed by atoms with Crippen LogP contribution in [0.5, 0.6) is 0 Å². The molecule has 12 aromatic carbocycles. The lowest BCUT2D eigenvalue weighted by atomic mass is 9.98. The minimum absolute atomic E-state index is 0.860. The number of para-hydroxylation sites is 6. The van der Waals surface area contributed by atoms with Gasteiger partial charge in [0.1, 0.15) is 0 Å². The number of pyridine rings is 6. The van der Waals surface area contributed by atoms with E-state index in [9.17, 15) is 0 Å². The molecule has 522 valence electrons. The van der Waals surface area contributed by atoms with Crippen molar-refractivity contribution in [2.45, 2.75) is 0 Å². The number of benzene rings is 12. The Kier molecular flexibility index (Phi) is 17.8. The summed E-state index contributed by atoms with van der Waals surface area (Å²) in [6, 6.07) is 140. The van der Waals surface area contributed by atoms with Gasteiger partial charge in [-0.1, -0.05) is 267 Å². The third kappa shape index (κ3) is 13.2. The fraction of sp³-hybridized carbons (Fsp3) is 0. The van der Waals surface area contributed by atoms with Gasteiger partial charge in [0, 0.05) is 79.0 Å². The second kappa shape index (κ2) is 29.7. The van der Waals surface area contributed by atoms with Crippen LogP contribution in [0.25, 0.3) is 184 Å². The Hall–Kier alpha value is -15.1. The van der Waals surface area contributed by atoms with Gasteiger partial charge in [-0.25, -0.2) is 15.0 Å². The molecule has 0 fully saturated rings. The summed E-state index contributed by atoms with van der Waals surface area (Å²) >= 11 is 0. The molecule has 0 spiro atoms. The van der Waals surface area contributed by atoms with E-state index in [1.165, 1.54) is 76.5 Å². The smallest absolute Gasteiger partial charge is 0.0914 e. The van der Waals surface area contributed by atoms with Gasteiger partial charge in [-0.2, -0.15) is 0 Å². The van der Waals surface area contributed by atoms with Crippen LogP contribution in [0.4, 0.5) is 0 Å². The van der Waals surface area contributed by atoms with Crippen molar-refractivity contribution >= 4 is 65.4 Å². The van der Waals surface area contributed by atoms with Crippen molar-refractivity contribution in [2.24, 2.45) is 0 Å². The number of rotatable bonds is 12. The molecule has 0 bridgehead atoms. The maximum Gasteiger partial charge on any atom is 0.0914 e. The van der Waals surface area contributed by atoms with Crippen LogP contribution in [-0.4, -0.2) is 43.6 Å². The fourth-order valence-electron chi connectivity index (χ4n) is 15.3. The van der Waals surface area contributed by atoms with Crippen LogP contribution in [-0.2, 0) is 0 Å². The SMILES string of the molecule is c1ccc(-c2cc(-c3ccc(-c4ccc(-n5c6ccccc6c6ccccc65)cc4)cc3)cc(-c3ccccn3)n2)cc1.c1ccc(-c2cc(-c3ccc(-n4c5ccccc5c5ccccc54)cc3)cc(-c3ccccn3)n2)cc1.c1ccc(-c2cc(-n3c4ccccc4c4ccccc43)cc(-c3ccccn3)n2)cc1. The molecule has 0 amide bonds. The Bertz CT molecular complexity index is 6550. The normalized spacial score (nSPS) is 11.2. The Morgan fingerprint density at radius 1 is 0.144 bits per heavy atom. The van der Waals surface area contributed by atoms with Crippen LogP contribution >= 0.6 is 0 Å². The van der Waals surface area contributed by atoms with Gasteiger partial charge in [0.2, 0.25) is 0 Å². The lowest BCUT2D eigenvalue weighted by Gasteiger charge is -2.12. The van der Waals surface area contributed by atoms with E-state index in [2.05, 4.69) is 320 Å². The van der Waals surface area contributed by atoms with Crippen LogP contribution in [0.15, 0.2) is 419 Å². The Labute approximate surface area is 642 Å². The first-order valence-corrected chi connectivity index (χ1v) is 37.3. The topological polar surface area (TPSA) is 92.1 Å². The van der Waals surface area contributed by atoms with Gasteiger partial charge in [-0.3, -0.25) is 15.0 Å². The predicted octanol–water partition coefficient (Wildman–Crippen LogP) is 25.7. The van der Waals surface area contributed by atoms with Gasteiger partial charge in [-0.05, 0) is 167 Å². The molecule has 9 heteroatoms. The quantitative estimate of drug-likeness (QED) is 0.121. The Balaban J connectivity index is 0.000000114. The number of aromatic nitrogens is 9. The molecular formula is C102H69N9. The van der Waals surface area contributed by atoms with Crippen molar-refractivity contribution in [3.05, 3.63) is 419 Å². The van der Waals surface area contributed by atoms with E-state index in [0.717, 1.165) is 107 Å². The zero-order chi connectivity index (χ0) is 73.8. The molecule has 0 aliphatic carbocycles. The first kappa shape index (κ1) is 66.6. The van der Waals surface area contributed by atoms with Crippen molar-refractivity contribution in [3.63, 3.8) is 0 Å². The van der Waals surface area contributed by atoms with Gasteiger partial charge >= 0.3 is 0 Å². The summed E-state index contributed by atoms with van der Waals surface area (Å²) in [6.45, 7) is 0. The summed E-state index contributed by atoms with van der Waals surface area (Å²) in [5, 5.41) is 7.57. The Morgan fingerprint density at radius 3 is 0.667 bits per heavy atom. The van der Waals surface area contributed by atoms with E-state index >= 15 is 0 Å². The first-order valence-electron chi connectivity index (χ1n) is 37.3. The van der Waals surface area contributed by atoms with Crippen LogP contribution in [0, 0.1) is 0 Å². The molecule has 111 heavy (non-hydrogen) atoms. The average molecular weight is 1420 g/mol. The molecule has 9 nitrogen and oxygen atoms in total. The molecule has 0 unspecified atom stereocenters. The standard InChI is InChI=1S/C40H27N3.C34H23N3.C28H19N3/c1-2-10-31(11-3-1)37-26-32(27-38(42-37)36-14-8-9-25-41-36)30-19-17-28(18-20-30)29-21-23-33(24-22-29)43-39-15-6-4-12-34(39)35-13-5-7-16-40(35)43;1-2-10-25(11-3-1)31-22-26(23-32(36-31)30-14-8-9-21-35-30)24-17-19-27(20-18-24)37-33-15-6-4-12-28(33)29-13-5-7-16-34(29)37;1-2-10-20(11-3-1)25-18-21(19-26(30-25)24-14-8-9-17-29-24)31-27-15-6-4-12-22(27)23-13-5-7-16-28(23)31/h1-27H;1-23H;1-19H. The maximum absolute atomic E-state index is 4.97. The van der Waals surface area contributed by atoms with Gasteiger partial charge < -0.3 is 13.7 Å². The van der Waals surface area contributed by atoms with Crippen LogP contribution in [0.2, 0.25) is 0 Å². The lowest BCUT2D eigenvalue weighted by molar-refractivity contribution is 1.15. The summed E-state index contributed by atoms with van der Waals surface area (Å²) in [5.41, 5.74) is 28.7. The summed E-state index contributed by atoms with van der Waals surface area (Å²) in [6.07, 6.45) is 5.44. The van der Waals surface area contributed by atoms with Gasteiger partial charge in [-0.15, -0.1) is 0 Å². The van der Waals surface area contributed by atoms with E-state index in [1.807, 2.05) is 128 Å². The summed E-state index contributed by atoms with van der Waals surface area (Å²) in [4.78, 5) is 28.6. The maximum atomic E-state index is 4.97.